The van der Waals surface area contributed by atoms with Crippen molar-refractivity contribution in [2.75, 3.05) is 0 Å². The summed E-state index contributed by atoms with van der Waals surface area (Å²) < 4.78 is 40.6. The van der Waals surface area contributed by atoms with Crippen molar-refractivity contribution in [2.45, 2.75) is 58.3 Å². The summed E-state index contributed by atoms with van der Waals surface area (Å²) in [5, 5.41) is -0.241. The summed E-state index contributed by atoms with van der Waals surface area (Å²) in [6, 6.07) is 1.77. The Kier molecular flexibility index (Phi) is 5.01. The van der Waals surface area contributed by atoms with Gasteiger partial charge in [-0.25, -0.2) is 0 Å². The minimum atomic E-state index is -4.32. The van der Waals surface area contributed by atoms with Crippen LogP contribution in [-0.2, 0) is 16.8 Å². The third kappa shape index (κ3) is 3.69. The molecule has 0 amide bonds. The van der Waals surface area contributed by atoms with Crippen LogP contribution in [0, 0.1) is 5.41 Å². The quantitative estimate of drug-likeness (QED) is 0.639. The van der Waals surface area contributed by atoms with E-state index in [9.17, 15) is 13.2 Å². The van der Waals surface area contributed by atoms with Gasteiger partial charge in [-0.05, 0) is 16.4 Å². The van der Waals surface area contributed by atoms with E-state index in [1.165, 1.54) is 0 Å². The molecule has 1 rings (SSSR count). The lowest BCUT2D eigenvalue weighted by Crippen LogP contribution is -2.47. The molecule has 0 N–H and O–H groups in total. The van der Waals surface area contributed by atoms with Crippen LogP contribution in [0.15, 0.2) is 6.07 Å². The van der Waals surface area contributed by atoms with Crippen LogP contribution in [-0.4, -0.2) is 31.4 Å². The Bertz CT molecular complexity index is 606. The lowest BCUT2D eigenvalue weighted by molar-refractivity contribution is -0.135. The minimum absolute atomic E-state index is 0.0639. The first-order valence-corrected chi connectivity index (χ1v) is 8.14. The van der Waals surface area contributed by atoms with Crippen molar-refractivity contribution in [1.29, 1.82) is 0 Å². The minimum Gasteiger partial charge on any atom is -0.166 e. The maximum Gasteiger partial charge on any atom is 0.415 e. The van der Waals surface area contributed by atoms with Crippen LogP contribution < -0.4 is 10.9 Å². The molecular formula is C16H27B4F3. The molecule has 0 nitrogen and oxygen atoms in total. The monoisotopic (exact) mass is 320 g/mol. The summed E-state index contributed by atoms with van der Waals surface area (Å²) in [6.45, 7) is 12.4. The standard InChI is InChI=1S/C16H27B4F3/c1-13(2,3)10-8(15(19,20)14(4,5)6)7-9(17)11(12(10)18)16(21,22)23/h7H,17-20H2,1-6H3. The number of hydrogen-bond donors (Lipinski definition) is 0. The zero-order chi connectivity index (χ0) is 18.6. The molecule has 0 saturated heterocycles. The molecule has 0 radical (unpaired) electrons. The van der Waals surface area contributed by atoms with E-state index in [2.05, 4.69) is 36.5 Å². The maximum absolute atomic E-state index is 13.5. The Hall–Kier alpha value is -0.730. The summed E-state index contributed by atoms with van der Waals surface area (Å²) in [6.07, 6.45) is -4.32. The zero-order valence-electron chi connectivity index (χ0n) is 16.2. The molecule has 0 aliphatic rings. The summed E-state index contributed by atoms with van der Waals surface area (Å²) in [5.41, 5.74) is 1.65. The molecule has 0 spiro atoms. The van der Waals surface area contributed by atoms with Gasteiger partial charge in [0.2, 0.25) is 0 Å². The van der Waals surface area contributed by atoms with Crippen LogP contribution in [0.25, 0.3) is 0 Å². The van der Waals surface area contributed by atoms with Gasteiger partial charge in [-0.1, -0.05) is 69.3 Å². The molecular weight excluding hydrogens is 292 g/mol. The first-order chi connectivity index (χ1) is 9.92. The number of benzene rings is 1. The Labute approximate surface area is 142 Å². The number of halogens is 3. The average Bonchev–Trinajstić information content (AvgIpc) is 2.21. The second-order valence-electron chi connectivity index (χ2n) is 9.24. The van der Waals surface area contributed by atoms with Crippen molar-refractivity contribution in [3.05, 3.63) is 22.8 Å². The summed E-state index contributed by atoms with van der Waals surface area (Å²) in [4.78, 5) is 0. The fourth-order valence-corrected chi connectivity index (χ4v) is 3.28. The fraction of sp³-hybridized carbons (Fsp3) is 0.625. The number of hydrogen-bond acceptors (Lipinski definition) is 0. The van der Waals surface area contributed by atoms with Crippen molar-refractivity contribution < 1.29 is 13.2 Å². The zero-order valence-corrected chi connectivity index (χ0v) is 16.2. The third-order valence-corrected chi connectivity index (χ3v) is 5.36. The predicted molar refractivity (Wildman–Crippen MR) is 105 cm³/mol. The van der Waals surface area contributed by atoms with Crippen molar-refractivity contribution in [2.24, 2.45) is 5.41 Å². The van der Waals surface area contributed by atoms with E-state index >= 15 is 0 Å². The van der Waals surface area contributed by atoms with Crippen molar-refractivity contribution in [3.63, 3.8) is 0 Å². The maximum atomic E-state index is 13.5. The van der Waals surface area contributed by atoms with Crippen LogP contribution in [0.2, 0.25) is 0 Å². The molecule has 23 heavy (non-hydrogen) atoms. The van der Waals surface area contributed by atoms with Gasteiger partial charge in [-0.15, -0.1) is 0 Å². The molecule has 7 heteroatoms. The van der Waals surface area contributed by atoms with E-state index < -0.39 is 11.7 Å². The van der Waals surface area contributed by atoms with Crippen LogP contribution in [0.3, 0.4) is 0 Å². The van der Waals surface area contributed by atoms with Crippen molar-refractivity contribution >= 4 is 42.3 Å². The SMILES string of the molecule is Bc1cc(C(B)(B)C(C)(C)C)c(C(C)(C)C)c(B)c1C(F)(F)F. The van der Waals surface area contributed by atoms with E-state index in [0.29, 0.717) is 10.9 Å². The normalized spacial score (nSPS) is 14.1. The van der Waals surface area contributed by atoms with Crippen LogP contribution in [0.1, 0.15) is 58.2 Å². The lowest BCUT2D eigenvalue weighted by Gasteiger charge is -2.44. The fourth-order valence-electron chi connectivity index (χ4n) is 3.28. The van der Waals surface area contributed by atoms with Crippen molar-refractivity contribution in [1.82, 2.24) is 0 Å². The highest BCUT2D eigenvalue weighted by Crippen LogP contribution is 2.41. The van der Waals surface area contributed by atoms with Gasteiger partial charge in [-0.3, -0.25) is 0 Å². The van der Waals surface area contributed by atoms with Gasteiger partial charge in [0.1, 0.15) is 31.4 Å². The Morgan fingerprint density at radius 1 is 0.826 bits per heavy atom. The molecule has 0 bridgehead atoms. The summed E-state index contributed by atoms with van der Waals surface area (Å²) in [5.74, 6) is 0. The van der Waals surface area contributed by atoms with Gasteiger partial charge in [-0.2, -0.15) is 13.2 Å². The van der Waals surface area contributed by atoms with Gasteiger partial charge in [0.15, 0.2) is 0 Å². The molecule has 124 valence electrons. The Morgan fingerprint density at radius 3 is 1.57 bits per heavy atom. The molecule has 0 heterocycles. The number of rotatable bonds is 1. The predicted octanol–water partition coefficient (Wildman–Crippen LogP) is -0.0152. The lowest BCUT2D eigenvalue weighted by atomic mass is 9.39. The Balaban J connectivity index is 3.96. The van der Waals surface area contributed by atoms with Crippen LogP contribution in [0.4, 0.5) is 13.2 Å². The molecule has 0 unspecified atom stereocenters. The van der Waals surface area contributed by atoms with Gasteiger partial charge in [0, 0.05) is 5.56 Å². The van der Waals surface area contributed by atoms with Crippen LogP contribution in [0.5, 0.6) is 0 Å². The highest BCUT2D eigenvalue weighted by molar-refractivity contribution is 6.44. The second-order valence-corrected chi connectivity index (χ2v) is 9.24. The number of alkyl halides is 3. The molecule has 0 fully saturated rings. The van der Waals surface area contributed by atoms with Gasteiger partial charge >= 0.3 is 6.18 Å². The highest BCUT2D eigenvalue weighted by atomic mass is 19.4. The average molecular weight is 320 g/mol. The summed E-state index contributed by atoms with van der Waals surface area (Å²) >= 11 is 0. The van der Waals surface area contributed by atoms with Gasteiger partial charge in [0.05, 0.1) is 0 Å². The van der Waals surface area contributed by atoms with E-state index in [-0.39, 0.29) is 16.0 Å². The van der Waals surface area contributed by atoms with Crippen molar-refractivity contribution in [3.8, 4) is 0 Å². The van der Waals surface area contributed by atoms with Gasteiger partial charge in [0.25, 0.3) is 0 Å². The largest absolute Gasteiger partial charge is 0.415 e. The molecule has 0 aliphatic carbocycles. The van der Waals surface area contributed by atoms with E-state index in [1.54, 1.807) is 21.8 Å². The molecule has 0 saturated carbocycles. The molecule has 1 aromatic carbocycles. The molecule has 0 atom stereocenters. The van der Waals surface area contributed by atoms with E-state index in [0.717, 1.165) is 11.1 Å². The first-order valence-electron chi connectivity index (χ1n) is 8.14. The smallest absolute Gasteiger partial charge is 0.166 e. The molecule has 1 aromatic rings. The Morgan fingerprint density at radius 2 is 1.26 bits per heavy atom. The van der Waals surface area contributed by atoms with Crippen LogP contribution >= 0.6 is 0 Å². The topological polar surface area (TPSA) is 0 Å². The third-order valence-electron chi connectivity index (χ3n) is 5.36. The second kappa shape index (κ2) is 5.67. The highest BCUT2D eigenvalue weighted by Gasteiger charge is 2.42. The van der Waals surface area contributed by atoms with Gasteiger partial charge < -0.3 is 0 Å². The van der Waals surface area contributed by atoms with E-state index in [1.807, 2.05) is 20.8 Å². The first kappa shape index (κ1) is 20.3. The van der Waals surface area contributed by atoms with E-state index in [4.69, 9.17) is 0 Å². The molecule has 0 aromatic heterocycles. The molecule has 0 aliphatic heterocycles. The summed E-state index contributed by atoms with van der Waals surface area (Å²) in [7, 11) is 7.45.